The summed E-state index contributed by atoms with van der Waals surface area (Å²) in [5.41, 5.74) is 9.77. The SMILES string of the molecule is Nc1ncnc2c(-c3ccc(CCC(=O)O)cc3)csc12. The molecule has 0 bridgehead atoms. The van der Waals surface area contributed by atoms with E-state index in [-0.39, 0.29) is 6.42 Å². The Morgan fingerprint density at radius 3 is 2.71 bits per heavy atom. The Labute approximate surface area is 125 Å². The molecule has 0 saturated heterocycles. The molecular formula is C15H13N3O2S. The Balaban J connectivity index is 1.92. The molecule has 3 aromatic rings. The fourth-order valence-electron chi connectivity index (χ4n) is 2.18. The number of aliphatic carboxylic acids is 1. The van der Waals surface area contributed by atoms with E-state index in [1.807, 2.05) is 29.6 Å². The molecule has 1 aromatic carbocycles. The van der Waals surface area contributed by atoms with E-state index in [1.54, 1.807) is 0 Å². The summed E-state index contributed by atoms with van der Waals surface area (Å²) in [6.07, 6.45) is 2.15. The number of benzene rings is 1. The maximum Gasteiger partial charge on any atom is 0.303 e. The number of fused-ring (bicyclic) bond motifs is 1. The second-order valence-electron chi connectivity index (χ2n) is 4.68. The Bertz CT molecular complexity index is 796. The van der Waals surface area contributed by atoms with Gasteiger partial charge in [-0.15, -0.1) is 11.3 Å². The Morgan fingerprint density at radius 2 is 2.00 bits per heavy atom. The van der Waals surface area contributed by atoms with Gasteiger partial charge in [0, 0.05) is 17.4 Å². The third kappa shape index (κ3) is 2.71. The maximum atomic E-state index is 10.6. The Kier molecular flexibility index (Phi) is 3.53. The van der Waals surface area contributed by atoms with Gasteiger partial charge in [-0.1, -0.05) is 24.3 Å². The number of anilines is 1. The lowest BCUT2D eigenvalue weighted by atomic mass is 10.0. The zero-order valence-corrected chi connectivity index (χ0v) is 11.9. The number of nitrogen functional groups attached to an aromatic ring is 1. The highest BCUT2D eigenvalue weighted by Crippen LogP contribution is 2.34. The number of aryl methyl sites for hydroxylation is 1. The lowest BCUT2D eigenvalue weighted by Gasteiger charge is -2.03. The number of carboxylic acid groups (broad SMARTS) is 1. The minimum absolute atomic E-state index is 0.143. The van der Waals surface area contributed by atoms with Crippen LogP contribution >= 0.6 is 11.3 Å². The van der Waals surface area contributed by atoms with Gasteiger partial charge < -0.3 is 10.8 Å². The number of rotatable bonds is 4. The fraction of sp³-hybridized carbons (Fsp3) is 0.133. The fourth-order valence-corrected chi connectivity index (χ4v) is 3.11. The highest BCUT2D eigenvalue weighted by molar-refractivity contribution is 7.18. The molecule has 5 nitrogen and oxygen atoms in total. The summed E-state index contributed by atoms with van der Waals surface area (Å²) in [6, 6.07) is 7.87. The molecule has 3 N–H and O–H groups in total. The molecule has 2 aromatic heterocycles. The molecule has 0 atom stereocenters. The van der Waals surface area contributed by atoms with Crippen molar-refractivity contribution in [2.75, 3.05) is 5.73 Å². The summed E-state index contributed by atoms with van der Waals surface area (Å²) < 4.78 is 0.891. The number of nitrogens with two attached hydrogens (primary N) is 1. The van der Waals surface area contributed by atoms with E-state index in [2.05, 4.69) is 9.97 Å². The molecule has 2 heterocycles. The van der Waals surface area contributed by atoms with Crippen LogP contribution < -0.4 is 5.73 Å². The molecule has 0 aliphatic carbocycles. The van der Waals surface area contributed by atoms with Crippen LogP contribution in [0.5, 0.6) is 0 Å². The van der Waals surface area contributed by atoms with Crippen molar-refractivity contribution in [3.05, 3.63) is 41.5 Å². The van der Waals surface area contributed by atoms with Gasteiger partial charge in [0.15, 0.2) is 0 Å². The van der Waals surface area contributed by atoms with Gasteiger partial charge >= 0.3 is 5.97 Å². The molecule has 3 rings (SSSR count). The van der Waals surface area contributed by atoms with Crippen molar-refractivity contribution >= 4 is 33.3 Å². The van der Waals surface area contributed by atoms with Gasteiger partial charge in [0.1, 0.15) is 12.1 Å². The monoisotopic (exact) mass is 299 g/mol. The van der Waals surface area contributed by atoms with Gasteiger partial charge in [0.2, 0.25) is 0 Å². The summed E-state index contributed by atoms with van der Waals surface area (Å²) in [4.78, 5) is 18.9. The number of hydrogen-bond donors (Lipinski definition) is 2. The number of hydrogen-bond acceptors (Lipinski definition) is 5. The zero-order chi connectivity index (χ0) is 14.8. The van der Waals surface area contributed by atoms with Gasteiger partial charge in [0.25, 0.3) is 0 Å². The topological polar surface area (TPSA) is 89.1 Å². The average molecular weight is 299 g/mol. The zero-order valence-electron chi connectivity index (χ0n) is 11.1. The summed E-state index contributed by atoms with van der Waals surface area (Å²) in [6.45, 7) is 0. The Hall–Kier alpha value is -2.47. The van der Waals surface area contributed by atoms with Crippen molar-refractivity contribution in [2.45, 2.75) is 12.8 Å². The van der Waals surface area contributed by atoms with Crippen molar-refractivity contribution in [2.24, 2.45) is 0 Å². The molecule has 0 aliphatic rings. The van der Waals surface area contributed by atoms with E-state index < -0.39 is 5.97 Å². The van der Waals surface area contributed by atoms with E-state index in [0.29, 0.717) is 12.2 Å². The van der Waals surface area contributed by atoms with Crippen molar-refractivity contribution < 1.29 is 9.90 Å². The first kappa shape index (κ1) is 13.5. The van der Waals surface area contributed by atoms with Crippen LogP contribution in [-0.4, -0.2) is 21.0 Å². The molecule has 21 heavy (non-hydrogen) atoms. The molecule has 0 aliphatic heterocycles. The van der Waals surface area contributed by atoms with Crippen LogP contribution in [0.15, 0.2) is 36.0 Å². The predicted octanol–water partition coefficient (Wildman–Crippen LogP) is 2.96. The number of carboxylic acids is 1. The number of aromatic nitrogens is 2. The first-order valence-electron chi connectivity index (χ1n) is 6.44. The lowest BCUT2D eigenvalue weighted by Crippen LogP contribution is -1.97. The van der Waals surface area contributed by atoms with Gasteiger partial charge in [-0.2, -0.15) is 0 Å². The minimum Gasteiger partial charge on any atom is -0.481 e. The van der Waals surface area contributed by atoms with Crippen LogP contribution in [0.25, 0.3) is 21.3 Å². The van der Waals surface area contributed by atoms with E-state index in [9.17, 15) is 4.79 Å². The molecule has 0 saturated carbocycles. The minimum atomic E-state index is -0.782. The van der Waals surface area contributed by atoms with Crippen LogP contribution in [-0.2, 0) is 11.2 Å². The van der Waals surface area contributed by atoms with Crippen LogP contribution in [0.3, 0.4) is 0 Å². The van der Waals surface area contributed by atoms with E-state index >= 15 is 0 Å². The van der Waals surface area contributed by atoms with Crippen LogP contribution in [0.4, 0.5) is 5.82 Å². The highest BCUT2D eigenvalue weighted by atomic mass is 32.1. The van der Waals surface area contributed by atoms with Crippen molar-refractivity contribution in [3.63, 3.8) is 0 Å². The van der Waals surface area contributed by atoms with Gasteiger partial charge in [-0.25, -0.2) is 9.97 Å². The number of thiophene rings is 1. The largest absolute Gasteiger partial charge is 0.481 e. The first-order chi connectivity index (χ1) is 10.1. The number of nitrogens with zero attached hydrogens (tertiary/aromatic N) is 2. The average Bonchev–Trinajstić information content (AvgIpc) is 2.91. The summed E-state index contributed by atoms with van der Waals surface area (Å²) in [5, 5.41) is 10.7. The van der Waals surface area contributed by atoms with Gasteiger partial charge in [0.05, 0.1) is 10.2 Å². The van der Waals surface area contributed by atoms with Crippen molar-refractivity contribution in [1.29, 1.82) is 0 Å². The van der Waals surface area contributed by atoms with Crippen molar-refractivity contribution in [1.82, 2.24) is 9.97 Å². The van der Waals surface area contributed by atoms with Gasteiger partial charge in [-0.05, 0) is 17.5 Å². The normalized spacial score (nSPS) is 10.9. The van der Waals surface area contributed by atoms with Crippen LogP contribution in [0.2, 0.25) is 0 Å². The van der Waals surface area contributed by atoms with E-state index in [0.717, 1.165) is 26.9 Å². The lowest BCUT2D eigenvalue weighted by molar-refractivity contribution is -0.136. The third-order valence-corrected chi connectivity index (χ3v) is 4.27. The molecule has 6 heteroatoms. The smallest absolute Gasteiger partial charge is 0.303 e. The molecule has 0 amide bonds. The molecule has 0 unspecified atom stereocenters. The quantitative estimate of drug-likeness (QED) is 0.773. The van der Waals surface area contributed by atoms with Crippen LogP contribution in [0, 0.1) is 0 Å². The van der Waals surface area contributed by atoms with Crippen molar-refractivity contribution in [3.8, 4) is 11.1 Å². The maximum absolute atomic E-state index is 10.6. The second-order valence-corrected chi connectivity index (χ2v) is 5.56. The van der Waals surface area contributed by atoms with Gasteiger partial charge in [-0.3, -0.25) is 4.79 Å². The molecule has 0 spiro atoms. The standard InChI is InChI=1S/C15H13N3O2S/c16-15-14-13(17-8-18-15)11(7-21-14)10-4-1-9(2-5-10)3-6-12(19)20/h1-2,4-5,7-8H,3,6H2,(H,19,20)(H2,16,17,18). The van der Waals surface area contributed by atoms with E-state index in [1.165, 1.54) is 17.7 Å². The molecule has 0 fully saturated rings. The third-order valence-electron chi connectivity index (χ3n) is 3.27. The Morgan fingerprint density at radius 1 is 1.24 bits per heavy atom. The first-order valence-corrected chi connectivity index (χ1v) is 7.32. The summed E-state index contributed by atoms with van der Waals surface area (Å²) in [5.74, 6) is -0.288. The summed E-state index contributed by atoms with van der Waals surface area (Å²) in [7, 11) is 0. The van der Waals surface area contributed by atoms with Crippen LogP contribution in [0.1, 0.15) is 12.0 Å². The van der Waals surface area contributed by atoms with E-state index in [4.69, 9.17) is 10.8 Å². The second kappa shape index (κ2) is 5.49. The highest BCUT2D eigenvalue weighted by Gasteiger charge is 2.10. The summed E-state index contributed by atoms with van der Waals surface area (Å²) >= 11 is 1.53. The predicted molar refractivity (Wildman–Crippen MR) is 83.2 cm³/mol. The molecule has 106 valence electrons. The number of carbonyl (C=O) groups is 1. The molecule has 0 radical (unpaired) electrons. The molecular weight excluding hydrogens is 286 g/mol.